The van der Waals surface area contributed by atoms with Gasteiger partial charge in [0.15, 0.2) is 0 Å². The lowest BCUT2D eigenvalue weighted by Gasteiger charge is -2.32. The number of para-hydroxylation sites is 1. The quantitative estimate of drug-likeness (QED) is 0.315. The van der Waals surface area contributed by atoms with E-state index in [0.29, 0.717) is 18.0 Å². The molecule has 3 aromatic rings. The molecule has 0 aromatic heterocycles. The van der Waals surface area contributed by atoms with Gasteiger partial charge in [0.2, 0.25) is 11.8 Å². The number of nitrogens with zero attached hydrogens (tertiary/aromatic N) is 2. The Morgan fingerprint density at radius 3 is 2.18 bits per heavy atom. The zero-order chi connectivity index (χ0) is 28.4. The van der Waals surface area contributed by atoms with E-state index < -0.39 is 28.5 Å². The molecule has 0 aliphatic heterocycles. The number of carbonyl (C=O) groups excluding carboxylic acids is 2. The molecule has 2 amide bonds. The van der Waals surface area contributed by atoms with Crippen LogP contribution in [0.4, 0.5) is 5.69 Å². The van der Waals surface area contributed by atoms with Crippen LogP contribution in [0.25, 0.3) is 0 Å². The van der Waals surface area contributed by atoms with Crippen LogP contribution in [0.1, 0.15) is 37.8 Å². The number of ether oxygens (including phenoxy) is 1. The first-order valence-electron chi connectivity index (χ1n) is 13.0. The average Bonchev–Trinajstić information content (AvgIpc) is 2.95. The summed E-state index contributed by atoms with van der Waals surface area (Å²) in [6.07, 6.45) is 1.75. The number of hydrogen-bond acceptors (Lipinski definition) is 5. The summed E-state index contributed by atoms with van der Waals surface area (Å²) < 4.78 is 33.8. The molecule has 208 valence electrons. The fourth-order valence-electron chi connectivity index (χ4n) is 4.01. The molecule has 39 heavy (non-hydrogen) atoms. The third-order valence-corrected chi connectivity index (χ3v) is 8.23. The van der Waals surface area contributed by atoms with E-state index in [0.717, 1.165) is 28.3 Å². The molecule has 0 unspecified atom stereocenters. The van der Waals surface area contributed by atoms with Crippen molar-refractivity contribution in [2.24, 2.45) is 0 Å². The predicted molar refractivity (Wildman–Crippen MR) is 153 cm³/mol. The van der Waals surface area contributed by atoms with E-state index >= 15 is 0 Å². The van der Waals surface area contributed by atoms with Crippen molar-refractivity contribution in [3.8, 4) is 5.75 Å². The minimum atomic E-state index is -4.12. The van der Waals surface area contributed by atoms with Gasteiger partial charge in [0.1, 0.15) is 18.3 Å². The van der Waals surface area contributed by atoms with Gasteiger partial charge < -0.3 is 15.0 Å². The van der Waals surface area contributed by atoms with Crippen LogP contribution in [0.5, 0.6) is 5.75 Å². The predicted octanol–water partition coefficient (Wildman–Crippen LogP) is 4.53. The maximum atomic E-state index is 13.9. The molecular weight excluding hydrogens is 514 g/mol. The molecule has 9 heteroatoms. The number of methoxy groups -OCH3 is 1. The third kappa shape index (κ3) is 7.83. The molecule has 0 aliphatic rings. The van der Waals surface area contributed by atoms with Crippen molar-refractivity contribution in [3.63, 3.8) is 0 Å². The number of aryl methyl sites for hydroxylation is 1. The lowest BCUT2D eigenvalue weighted by molar-refractivity contribution is -0.139. The second-order valence-electron chi connectivity index (χ2n) is 9.35. The molecule has 0 bridgehead atoms. The highest BCUT2D eigenvalue weighted by Crippen LogP contribution is 2.25. The molecule has 3 aromatic carbocycles. The molecule has 1 N–H and O–H groups in total. The number of unbranched alkanes of at least 4 members (excludes halogenated alkanes) is 1. The van der Waals surface area contributed by atoms with E-state index in [4.69, 9.17) is 4.74 Å². The van der Waals surface area contributed by atoms with E-state index in [9.17, 15) is 18.0 Å². The van der Waals surface area contributed by atoms with Crippen molar-refractivity contribution in [1.82, 2.24) is 10.2 Å². The highest BCUT2D eigenvalue weighted by Gasteiger charge is 2.32. The van der Waals surface area contributed by atoms with Crippen molar-refractivity contribution in [2.45, 2.75) is 51.1 Å². The standard InChI is InChI=1S/C30H37N3O5S/c1-5-6-20-31-30(35)24(3)32(21-25-14-12-23(2)13-15-25)29(34)22-33(26-10-8-7-9-11-26)39(36,37)28-18-16-27(38-4)17-19-28/h7-19,24H,5-6,20-22H2,1-4H3,(H,31,35)/t24-/m1/s1. The Morgan fingerprint density at radius 1 is 0.949 bits per heavy atom. The number of amides is 2. The smallest absolute Gasteiger partial charge is 0.264 e. The second kappa shape index (κ2) is 13.8. The molecule has 0 spiro atoms. The van der Waals surface area contributed by atoms with E-state index in [1.165, 1.54) is 24.1 Å². The summed E-state index contributed by atoms with van der Waals surface area (Å²) in [5.74, 6) is -0.258. The average molecular weight is 552 g/mol. The van der Waals surface area contributed by atoms with Crippen LogP contribution in [-0.4, -0.2) is 51.4 Å². The molecule has 0 aliphatic carbocycles. The van der Waals surface area contributed by atoms with Crippen molar-refractivity contribution in [2.75, 3.05) is 24.5 Å². The molecule has 0 heterocycles. The monoisotopic (exact) mass is 551 g/mol. The first-order valence-corrected chi connectivity index (χ1v) is 14.5. The summed E-state index contributed by atoms with van der Waals surface area (Å²) in [6, 6.07) is 21.4. The van der Waals surface area contributed by atoms with E-state index in [1.54, 1.807) is 49.4 Å². The van der Waals surface area contributed by atoms with Gasteiger partial charge in [-0.1, -0.05) is 61.4 Å². The Kier molecular flexibility index (Phi) is 10.5. The van der Waals surface area contributed by atoms with Gasteiger partial charge in [-0.2, -0.15) is 0 Å². The lowest BCUT2D eigenvalue weighted by atomic mass is 10.1. The molecule has 3 rings (SSSR count). The maximum Gasteiger partial charge on any atom is 0.264 e. The molecule has 0 saturated heterocycles. The Hall–Kier alpha value is -3.85. The first-order chi connectivity index (χ1) is 18.7. The normalized spacial score (nSPS) is 11.9. The van der Waals surface area contributed by atoms with Crippen LogP contribution >= 0.6 is 0 Å². The van der Waals surface area contributed by atoms with Crippen LogP contribution in [0, 0.1) is 6.92 Å². The lowest BCUT2D eigenvalue weighted by Crippen LogP contribution is -2.51. The zero-order valence-electron chi connectivity index (χ0n) is 23.0. The highest BCUT2D eigenvalue weighted by molar-refractivity contribution is 7.92. The summed E-state index contributed by atoms with van der Waals surface area (Å²) >= 11 is 0. The third-order valence-electron chi connectivity index (χ3n) is 6.44. The molecule has 1 atom stereocenters. The highest BCUT2D eigenvalue weighted by atomic mass is 32.2. The van der Waals surface area contributed by atoms with E-state index in [1.807, 2.05) is 38.1 Å². The van der Waals surface area contributed by atoms with Gasteiger partial charge in [-0.3, -0.25) is 13.9 Å². The number of hydrogen-bond donors (Lipinski definition) is 1. The van der Waals surface area contributed by atoms with Crippen molar-refractivity contribution < 1.29 is 22.7 Å². The van der Waals surface area contributed by atoms with Crippen LogP contribution in [-0.2, 0) is 26.2 Å². The van der Waals surface area contributed by atoms with Gasteiger partial charge in [0.05, 0.1) is 17.7 Å². The number of sulfonamides is 1. The zero-order valence-corrected chi connectivity index (χ0v) is 23.8. The number of rotatable bonds is 13. The molecule has 0 saturated carbocycles. The van der Waals surface area contributed by atoms with E-state index in [2.05, 4.69) is 5.32 Å². The van der Waals surface area contributed by atoms with Gasteiger partial charge in [-0.15, -0.1) is 0 Å². The Bertz CT molecular complexity index is 1330. The van der Waals surface area contributed by atoms with Crippen molar-refractivity contribution in [3.05, 3.63) is 90.0 Å². The Labute approximate surface area is 231 Å². The SMILES string of the molecule is CCCCNC(=O)[C@@H](C)N(Cc1ccc(C)cc1)C(=O)CN(c1ccccc1)S(=O)(=O)c1ccc(OC)cc1. The largest absolute Gasteiger partial charge is 0.497 e. The minimum absolute atomic E-state index is 0.0235. The van der Waals surface area contributed by atoms with Gasteiger partial charge >= 0.3 is 0 Å². The van der Waals surface area contributed by atoms with Crippen LogP contribution in [0.2, 0.25) is 0 Å². The van der Waals surface area contributed by atoms with Crippen LogP contribution in [0.15, 0.2) is 83.8 Å². The van der Waals surface area contributed by atoms with E-state index in [-0.39, 0.29) is 17.3 Å². The topological polar surface area (TPSA) is 96.0 Å². The molecule has 8 nitrogen and oxygen atoms in total. The number of anilines is 1. The minimum Gasteiger partial charge on any atom is -0.497 e. The summed E-state index contributed by atoms with van der Waals surface area (Å²) in [5, 5.41) is 2.89. The second-order valence-corrected chi connectivity index (χ2v) is 11.2. The first kappa shape index (κ1) is 29.7. The van der Waals surface area contributed by atoms with Gasteiger partial charge in [0, 0.05) is 13.1 Å². The molecule has 0 radical (unpaired) electrons. The Morgan fingerprint density at radius 2 is 1.59 bits per heavy atom. The van der Waals surface area contributed by atoms with Crippen molar-refractivity contribution >= 4 is 27.5 Å². The number of nitrogens with one attached hydrogen (secondary N) is 1. The maximum absolute atomic E-state index is 13.9. The fraction of sp³-hybridized carbons (Fsp3) is 0.333. The van der Waals surface area contributed by atoms with Crippen molar-refractivity contribution in [1.29, 1.82) is 0 Å². The molecule has 0 fully saturated rings. The van der Waals surface area contributed by atoms with Crippen LogP contribution in [0.3, 0.4) is 0 Å². The Balaban J connectivity index is 1.96. The van der Waals surface area contributed by atoms with Crippen LogP contribution < -0.4 is 14.4 Å². The van der Waals surface area contributed by atoms with Gasteiger partial charge in [0.25, 0.3) is 10.0 Å². The van der Waals surface area contributed by atoms with Gasteiger partial charge in [-0.25, -0.2) is 8.42 Å². The number of benzene rings is 3. The summed E-state index contributed by atoms with van der Waals surface area (Å²) in [5.41, 5.74) is 2.26. The van der Waals surface area contributed by atoms with Gasteiger partial charge in [-0.05, 0) is 62.2 Å². The summed E-state index contributed by atoms with van der Waals surface area (Å²) in [4.78, 5) is 28.3. The number of carbonyl (C=O) groups is 2. The fourth-order valence-corrected chi connectivity index (χ4v) is 5.42. The summed E-state index contributed by atoms with van der Waals surface area (Å²) in [6.45, 7) is 5.86. The molecular formula is C30H37N3O5S. The summed E-state index contributed by atoms with van der Waals surface area (Å²) in [7, 11) is -2.62.